The van der Waals surface area contributed by atoms with Gasteiger partial charge in [-0.2, -0.15) is 0 Å². The van der Waals surface area contributed by atoms with Gasteiger partial charge in [0.2, 0.25) is 0 Å². The summed E-state index contributed by atoms with van der Waals surface area (Å²) in [5.74, 6) is 5.85. The number of ether oxygens (including phenoxy) is 1. The van der Waals surface area contributed by atoms with Crippen LogP contribution in [0.5, 0.6) is 5.75 Å². The molecule has 6 heteroatoms. The fourth-order valence-electron chi connectivity index (χ4n) is 1.79. The average Bonchev–Trinajstić information content (AvgIpc) is 2.48. The van der Waals surface area contributed by atoms with Crippen molar-refractivity contribution in [3.05, 3.63) is 48.3 Å². The van der Waals surface area contributed by atoms with Gasteiger partial charge in [-0.15, -0.1) is 0 Å². The van der Waals surface area contributed by atoms with E-state index in [1.165, 1.54) is 6.20 Å². The zero-order valence-corrected chi connectivity index (χ0v) is 12.0. The smallest absolute Gasteiger partial charge is 0.259 e. The molecule has 0 saturated carbocycles. The molecule has 4 N–H and O–H groups in total. The number of carbonyl (C=O) groups is 1. The third-order valence-corrected chi connectivity index (χ3v) is 2.71. The third kappa shape index (κ3) is 3.93. The lowest BCUT2D eigenvalue weighted by Gasteiger charge is -2.11. The summed E-state index contributed by atoms with van der Waals surface area (Å²) in [5, 5.41) is 2.78. The molecule has 110 valence electrons. The van der Waals surface area contributed by atoms with Crippen molar-refractivity contribution in [1.82, 2.24) is 4.98 Å². The van der Waals surface area contributed by atoms with E-state index >= 15 is 0 Å². The summed E-state index contributed by atoms with van der Waals surface area (Å²) in [6.45, 7) is 3.92. The summed E-state index contributed by atoms with van der Waals surface area (Å²) in [4.78, 5) is 16.1. The van der Waals surface area contributed by atoms with Gasteiger partial charge in [0, 0.05) is 18.1 Å². The molecule has 0 unspecified atom stereocenters. The summed E-state index contributed by atoms with van der Waals surface area (Å²) >= 11 is 0. The van der Waals surface area contributed by atoms with Gasteiger partial charge < -0.3 is 15.5 Å². The molecule has 0 aliphatic rings. The zero-order chi connectivity index (χ0) is 15.2. The number of hydrogen-bond acceptors (Lipinski definition) is 5. The van der Waals surface area contributed by atoms with Crippen molar-refractivity contribution in [3.8, 4) is 5.75 Å². The lowest BCUT2D eigenvalue weighted by atomic mass is 10.2. The Morgan fingerprint density at radius 2 is 1.95 bits per heavy atom. The highest BCUT2D eigenvalue weighted by Gasteiger charge is 2.11. The molecule has 0 saturated heterocycles. The summed E-state index contributed by atoms with van der Waals surface area (Å²) < 4.78 is 5.55. The van der Waals surface area contributed by atoms with Crippen LogP contribution in [-0.4, -0.2) is 17.0 Å². The van der Waals surface area contributed by atoms with Crippen LogP contribution >= 0.6 is 0 Å². The van der Waals surface area contributed by atoms with Gasteiger partial charge in [0.05, 0.1) is 17.4 Å². The van der Waals surface area contributed by atoms with E-state index in [9.17, 15) is 4.79 Å². The first kappa shape index (κ1) is 14.8. The second kappa shape index (κ2) is 6.71. The van der Waals surface area contributed by atoms with Crippen molar-refractivity contribution >= 4 is 17.3 Å². The molecular formula is C15H18N4O2. The molecule has 1 aromatic heterocycles. The van der Waals surface area contributed by atoms with Crippen molar-refractivity contribution in [1.29, 1.82) is 0 Å². The lowest BCUT2D eigenvalue weighted by Crippen LogP contribution is -2.17. The number of aromatic nitrogens is 1. The molecule has 0 spiro atoms. The number of nitrogen functional groups attached to an aromatic ring is 1. The maximum Gasteiger partial charge on any atom is 0.259 e. The SMILES string of the molecule is CC(C)Oc1ccc(NC(=O)c2cnccc2NN)cc1. The van der Waals surface area contributed by atoms with Gasteiger partial charge in [0.1, 0.15) is 5.75 Å². The molecule has 0 atom stereocenters. The van der Waals surface area contributed by atoms with Crippen LogP contribution in [0.3, 0.4) is 0 Å². The number of nitrogens with two attached hydrogens (primary N) is 1. The second-order valence-electron chi connectivity index (χ2n) is 4.71. The standard InChI is InChI=1S/C15H18N4O2/c1-10(2)21-12-5-3-11(4-6-12)18-15(20)13-9-17-8-7-14(13)19-16/h3-10H,16H2,1-2H3,(H,17,19)(H,18,20). The number of hydrogen-bond donors (Lipinski definition) is 3. The highest BCUT2D eigenvalue weighted by molar-refractivity contribution is 6.07. The first-order valence-corrected chi connectivity index (χ1v) is 6.59. The van der Waals surface area contributed by atoms with Gasteiger partial charge in [-0.25, -0.2) is 0 Å². The van der Waals surface area contributed by atoms with E-state index in [4.69, 9.17) is 10.6 Å². The first-order valence-electron chi connectivity index (χ1n) is 6.59. The first-order chi connectivity index (χ1) is 10.1. The maximum absolute atomic E-state index is 12.2. The number of carbonyl (C=O) groups excluding carboxylic acids is 1. The topological polar surface area (TPSA) is 89.3 Å². The largest absolute Gasteiger partial charge is 0.491 e. The molecule has 0 radical (unpaired) electrons. The monoisotopic (exact) mass is 286 g/mol. The molecule has 0 aliphatic carbocycles. The van der Waals surface area contributed by atoms with E-state index in [-0.39, 0.29) is 12.0 Å². The number of nitrogens with zero attached hydrogens (tertiary/aromatic N) is 1. The number of pyridine rings is 1. The van der Waals surface area contributed by atoms with Gasteiger partial charge in [-0.1, -0.05) is 0 Å². The Hall–Kier alpha value is -2.60. The van der Waals surface area contributed by atoms with Gasteiger partial charge in [0.15, 0.2) is 0 Å². The molecule has 2 aromatic rings. The van der Waals surface area contributed by atoms with E-state index in [1.54, 1.807) is 36.5 Å². The molecule has 0 bridgehead atoms. The Morgan fingerprint density at radius 1 is 1.24 bits per heavy atom. The summed E-state index contributed by atoms with van der Waals surface area (Å²) in [5.41, 5.74) is 4.03. The van der Waals surface area contributed by atoms with E-state index < -0.39 is 0 Å². The van der Waals surface area contributed by atoms with Crippen LogP contribution in [0.2, 0.25) is 0 Å². The Morgan fingerprint density at radius 3 is 2.57 bits per heavy atom. The normalized spacial score (nSPS) is 10.3. The maximum atomic E-state index is 12.2. The van der Waals surface area contributed by atoms with E-state index in [2.05, 4.69) is 15.7 Å². The Bertz CT molecular complexity index is 611. The van der Waals surface area contributed by atoms with Crippen molar-refractivity contribution in [2.45, 2.75) is 20.0 Å². The fraction of sp³-hybridized carbons (Fsp3) is 0.200. The van der Waals surface area contributed by atoms with Crippen LogP contribution in [0.1, 0.15) is 24.2 Å². The number of benzene rings is 1. The molecule has 2 rings (SSSR count). The lowest BCUT2D eigenvalue weighted by molar-refractivity contribution is 0.102. The van der Waals surface area contributed by atoms with Crippen molar-refractivity contribution < 1.29 is 9.53 Å². The van der Waals surface area contributed by atoms with Gasteiger partial charge in [0.25, 0.3) is 5.91 Å². The molecule has 0 fully saturated rings. The van der Waals surface area contributed by atoms with E-state index in [1.807, 2.05) is 13.8 Å². The minimum absolute atomic E-state index is 0.110. The molecule has 21 heavy (non-hydrogen) atoms. The number of rotatable bonds is 5. The number of nitrogens with one attached hydrogen (secondary N) is 2. The highest BCUT2D eigenvalue weighted by atomic mass is 16.5. The summed E-state index contributed by atoms with van der Waals surface area (Å²) in [6, 6.07) is 8.81. The van der Waals surface area contributed by atoms with Crippen LogP contribution < -0.4 is 21.3 Å². The molecule has 1 amide bonds. The van der Waals surface area contributed by atoms with Crippen LogP contribution in [-0.2, 0) is 0 Å². The third-order valence-electron chi connectivity index (χ3n) is 2.71. The predicted octanol–water partition coefficient (Wildman–Crippen LogP) is 2.41. The number of anilines is 2. The molecule has 6 nitrogen and oxygen atoms in total. The van der Waals surface area contributed by atoms with E-state index in [0.29, 0.717) is 16.9 Å². The minimum atomic E-state index is -0.284. The highest BCUT2D eigenvalue weighted by Crippen LogP contribution is 2.19. The Kier molecular flexibility index (Phi) is 4.73. The van der Waals surface area contributed by atoms with Crippen LogP contribution in [0.15, 0.2) is 42.7 Å². The van der Waals surface area contributed by atoms with E-state index in [0.717, 1.165) is 5.75 Å². The number of hydrazine groups is 1. The Balaban J connectivity index is 2.09. The molecular weight excluding hydrogens is 268 g/mol. The van der Waals surface area contributed by atoms with Gasteiger partial charge in [-0.3, -0.25) is 15.6 Å². The van der Waals surface area contributed by atoms with Gasteiger partial charge >= 0.3 is 0 Å². The van der Waals surface area contributed by atoms with Crippen molar-refractivity contribution in [3.63, 3.8) is 0 Å². The Labute approximate surface area is 123 Å². The molecule has 1 aromatic carbocycles. The van der Waals surface area contributed by atoms with Crippen molar-refractivity contribution in [2.24, 2.45) is 5.84 Å². The van der Waals surface area contributed by atoms with Crippen molar-refractivity contribution in [2.75, 3.05) is 10.7 Å². The summed E-state index contributed by atoms with van der Waals surface area (Å²) in [7, 11) is 0. The molecule has 1 heterocycles. The number of amides is 1. The summed E-state index contributed by atoms with van der Waals surface area (Å²) in [6.07, 6.45) is 3.13. The van der Waals surface area contributed by atoms with Gasteiger partial charge in [-0.05, 0) is 44.2 Å². The quantitative estimate of drug-likeness (QED) is 0.580. The second-order valence-corrected chi connectivity index (χ2v) is 4.71. The predicted molar refractivity (Wildman–Crippen MR) is 82.2 cm³/mol. The minimum Gasteiger partial charge on any atom is -0.491 e. The molecule has 0 aliphatic heterocycles. The van der Waals surface area contributed by atoms with Crippen LogP contribution in [0.25, 0.3) is 0 Å². The van der Waals surface area contributed by atoms with Crippen LogP contribution in [0, 0.1) is 0 Å². The fourth-order valence-corrected chi connectivity index (χ4v) is 1.79. The van der Waals surface area contributed by atoms with Crippen LogP contribution in [0.4, 0.5) is 11.4 Å². The average molecular weight is 286 g/mol. The zero-order valence-electron chi connectivity index (χ0n) is 12.0.